The van der Waals surface area contributed by atoms with Crippen molar-refractivity contribution in [3.63, 3.8) is 0 Å². The Hall–Kier alpha value is -2.89. The lowest BCUT2D eigenvalue weighted by atomic mass is 10.0. The fourth-order valence-corrected chi connectivity index (χ4v) is 10.4. The highest BCUT2D eigenvalue weighted by molar-refractivity contribution is 5.71. The second-order valence-electron chi connectivity index (χ2n) is 23.8. The van der Waals surface area contributed by atoms with E-state index in [9.17, 15) is 14.4 Å². The number of hydrogen-bond acceptors (Lipinski definition) is 6. The van der Waals surface area contributed by atoms with Crippen molar-refractivity contribution in [2.75, 3.05) is 13.2 Å². The number of hydrogen-bond donors (Lipinski definition) is 0. The fourth-order valence-electron chi connectivity index (χ4n) is 10.4. The molecule has 80 heavy (non-hydrogen) atoms. The van der Waals surface area contributed by atoms with Gasteiger partial charge in [0.15, 0.2) is 6.10 Å². The molecule has 0 radical (unpaired) electrons. The zero-order chi connectivity index (χ0) is 57.8. The highest BCUT2D eigenvalue weighted by atomic mass is 16.6. The highest BCUT2D eigenvalue weighted by Gasteiger charge is 2.19. The summed E-state index contributed by atoms with van der Waals surface area (Å²) in [6.07, 6.45) is 88.3. The molecule has 0 aromatic carbocycles. The van der Waals surface area contributed by atoms with Gasteiger partial charge in [-0.05, 0) is 103 Å². The number of carbonyl (C=O) groups excluding carboxylic acids is 3. The number of esters is 3. The van der Waals surface area contributed by atoms with E-state index in [0.29, 0.717) is 19.3 Å². The third kappa shape index (κ3) is 65.9. The normalized spacial score (nSPS) is 12.4. The third-order valence-corrected chi connectivity index (χ3v) is 15.7. The Bertz CT molecular complexity index is 1430. The molecule has 466 valence electrons. The Kier molecular flexibility index (Phi) is 66.1. The molecule has 0 bridgehead atoms. The van der Waals surface area contributed by atoms with Gasteiger partial charge in [-0.1, -0.05) is 313 Å². The van der Waals surface area contributed by atoms with Crippen LogP contribution in [0.4, 0.5) is 0 Å². The van der Waals surface area contributed by atoms with Crippen LogP contribution < -0.4 is 0 Å². The van der Waals surface area contributed by atoms with Crippen molar-refractivity contribution in [2.24, 2.45) is 0 Å². The van der Waals surface area contributed by atoms with Crippen LogP contribution in [0.25, 0.3) is 0 Å². The number of ether oxygens (including phenoxy) is 3. The standard InChI is InChI=1S/C74H134O6/c1-4-7-10-13-16-19-22-24-26-28-30-31-32-33-34-35-36-37-38-39-40-41-42-43-44-46-47-49-52-55-58-61-64-67-73(76)79-70-71(69-78-72(75)66-63-60-57-54-51-21-18-15-12-9-6-3)80-74(77)68-65-62-59-56-53-50-48-45-29-27-25-23-20-17-14-11-8-5-2/h15,18,22,24,27-30,32-33,71H,4-14,16-17,19-21,23,25-26,31,34-70H2,1-3H3/b18-15-,24-22-,29-27-,30-28-,33-32-. The van der Waals surface area contributed by atoms with Crippen LogP contribution in [0.15, 0.2) is 60.8 Å². The van der Waals surface area contributed by atoms with Crippen molar-refractivity contribution in [3.05, 3.63) is 60.8 Å². The Labute approximate surface area is 498 Å². The molecule has 0 saturated heterocycles. The van der Waals surface area contributed by atoms with Gasteiger partial charge in [0.2, 0.25) is 0 Å². The molecule has 0 fully saturated rings. The minimum absolute atomic E-state index is 0.0748. The summed E-state index contributed by atoms with van der Waals surface area (Å²) >= 11 is 0. The Balaban J connectivity index is 4.11. The van der Waals surface area contributed by atoms with Crippen LogP contribution in [0.3, 0.4) is 0 Å². The maximum Gasteiger partial charge on any atom is 0.306 e. The second-order valence-corrected chi connectivity index (χ2v) is 23.8. The van der Waals surface area contributed by atoms with Crippen LogP contribution in [0, 0.1) is 0 Å². The van der Waals surface area contributed by atoms with E-state index in [1.807, 2.05) is 0 Å². The first-order valence-corrected chi connectivity index (χ1v) is 35.3. The van der Waals surface area contributed by atoms with Gasteiger partial charge < -0.3 is 14.2 Å². The van der Waals surface area contributed by atoms with Crippen LogP contribution in [-0.2, 0) is 28.6 Å². The van der Waals surface area contributed by atoms with Crippen molar-refractivity contribution in [3.8, 4) is 0 Å². The van der Waals surface area contributed by atoms with Gasteiger partial charge in [0.25, 0.3) is 0 Å². The number of unbranched alkanes of at least 4 members (excludes halogenated alkanes) is 44. The lowest BCUT2D eigenvalue weighted by Gasteiger charge is -2.18. The summed E-state index contributed by atoms with van der Waals surface area (Å²) in [5.74, 6) is -0.869. The quantitative estimate of drug-likeness (QED) is 0.0261. The molecule has 0 rings (SSSR count). The van der Waals surface area contributed by atoms with E-state index >= 15 is 0 Å². The molecule has 0 amide bonds. The Morgan fingerprint density at radius 2 is 0.463 bits per heavy atom. The fraction of sp³-hybridized carbons (Fsp3) is 0.824. The maximum atomic E-state index is 12.9. The summed E-state index contributed by atoms with van der Waals surface area (Å²) in [6.45, 7) is 6.63. The highest BCUT2D eigenvalue weighted by Crippen LogP contribution is 2.18. The van der Waals surface area contributed by atoms with Gasteiger partial charge in [0.05, 0.1) is 0 Å². The van der Waals surface area contributed by atoms with E-state index in [2.05, 4.69) is 81.5 Å². The average molecular weight is 1120 g/mol. The van der Waals surface area contributed by atoms with Gasteiger partial charge >= 0.3 is 17.9 Å². The summed E-state index contributed by atoms with van der Waals surface area (Å²) in [6, 6.07) is 0. The minimum atomic E-state index is -0.778. The third-order valence-electron chi connectivity index (χ3n) is 15.7. The molecular formula is C74H134O6. The average Bonchev–Trinajstić information content (AvgIpc) is 3.46. The van der Waals surface area contributed by atoms with Gasteiger partial charge in [-0.15, -0.1) is 0 Å². The monoisotopic (exact) mass is 1120 g/mol. The number of allylic oxidation sites excluding steroid dienone is 10. The molecular weight excluding hydrogens is 985 g/mol. The minimum Gasteiger partial charge on any atom is -0.462 e. The summed E-state index contributed by atoms with van der Waals surface area (Å²) in [5.41, 5.74) is 0. The summed E-state index contributed by atoms with van der Waals surface area (Å²) in [5, 5.41) is 0. The van der Waals surface area contributed by atoms with Crippen molar-refractivity contribution in [2.45, 2.75) is 380 Å². The van der Waals surface area contributed by atoms with E-state index < -0.39 is 6.10 Å². The van der Waals surface area contributed by atoms with E-state index in [1.54, 1.807) is 0 Å². The van der Waals surface area contributed by atoms with E-state index in [-0.39, 0.29) is 31.1 Å². The molecule has 0 aliphatic rings. The van der Waals surface area contributed by atoms with Gasteiger partial charge in [-0.2, -0.15) is 0 Å². The Morgan fingerprint density at radius 1 is 0.250 bits per heavy atom. The zero-order valence-corrected chi connectivity index (χ0v) is 53.6. The summed E-state index contributed by atoms with van der Waals surface area (Å²) < 4.78 is 16.9. The summed E-state index contributed by atoms with van der Waals surface area (Å²) in [4.78, 5) is 38.3. The predicted octanol–water partition coefficient (Wildman–Crippen LogP) is 24.3. The first-order chi connectivity index (χ1) is 39.5. The molecule has 0 saturated carbocycles. The van der Waals surface area contributed by atoms with Gasteiger partial charge in [0, 0.05) is 19.3 Å². The summed E-state index contributed by atoms with van der Waals surface area (Å²) in [7, 11) is 0. The molecule has 0 aromatic rings. The molecule has 0 aliphatic carbocycles. The van der Waals surface area contributed by atoms with Crippen molar-refractivity contribution in [1.82, 2.24) is 0 Å². The second kappa shape index (κ2) is 68.6. The lowest BCUT2D eigenvalue weighted by Crippen LogP contribution is -2.30. The zero-order valence-electron chi connectivity index (χ0n) is 53.6. The Morgan fingerprint density at radius 3 is 0.750 bits per heavy atom. The number of rotatable bonds is 65. The first kappa shape index (κ1) is 77.1. The molecule has 0 N–H and O–H groups in total. The van der Waals surface area contributed by atoms with E-state index in [4.69, 9.17) is 14.2 Å². The van der Waals surface area contributed by atoms with Crippen LogP contribution in [0.2, 0.25) is 0 Å². The van der Waals surface area contributed by atoms with Gasteiger partial charge in [-0.25, -0.2) is 0 Å². The molecule has 0 spiro atoms. The van der Waals surface area contributed by atoms with Crippen LogP contribution >= 0.6 is 0 Å². The van der Waals surface area contributed by atoms with Crippen molar-refractivity contribution >= 4 is 17.9 Å². The van der Waals surface area contributed by atoms with E-state index in [1.165, 1.54) is 257 Å². The SMILES string of the molecule is CCCC/C=C\CCCCCCCC(=O)OCC(COC(=O)CCCCCCCCCCCCCCCCCCCC/C=C\C/C=C\C/C=C\CCCCCCC)OC(=O)CCCCCCCCC/C=C\CCCCCCCCC. The van der Waals surface area contributed by atoms with Crippen molar-refractivity contribution < 1.29 is 28.6 Å². The topological polar surface area (TPSA) is 78.9 Å². The smallest absolute Gasteiger partial charge is 0.306 e. The lowest BCUT2D eigenvalue weighted by molar-refractivity contribution is -0.167. The van der Waals surface area contributed by atoms with Gasteiger partial charge in [-0.3, -0.25) is 14.4 Å². The molecule has 0 aromatic heterocycles. The largest absolute Gasteiger partial charge is 0.462 e. The molecule has 1 unspecified atom stereocenters. The van der Waals surface area contributed by atoms with Crippen LogP contribution in [0.5, 0.6) is 0 Å². The maximum absolute atomic E-state index is 12.9. The first-order valence-electron chi connectivity index (χ1n) is 35.3. The molecule has 0 aliphatic heterocycles. The molecule has 0 heterocycles. The predicted molar refractivity (Wildman–Crippen MR) is 348 cm³/mol. The van der Waals surface area contributed by atoms with Crippen molar-refractivity contribution in [1.29, 1.82) is 0 Å². The molecule has 1 atom stereocenters. The number of carbonyl (C=O) groups is 3. The van der Waals surface area contributed by atoms with Crippen LogP contribution in [-0.4, -0.2) is 37.2 Å². The molecule has 6 heteroatoms. The van der Waals surface area contributed by atoms with Gasteiger partial charge in [0.1, 0.15) is 13.2 Å². The van der Waals surface area contributed by atoms with E-state index in [0.717, 1.165) is 77.0 Å². The van der Waals surface area contributed by atoms with Crippen LogP contribution in [0.1, 0.15) is 374 Å². The molecule has 6 nitrogen and oxygen atoms in total.